The van der Waals surface area contributed by atoms with Crippen molar-refractivity contribution >= 4 is 21.9 Å². The third kappa shape index (κ3) is 6.64. The molecule has 8 nitrogen and oxygen atoms in total. The standard InChI is InChI=1S/C17H26N2O6S/c1-17(2,3)14(19-26(5,23)24)15(20)18-9-8-11-6-7-12(16(21)22)10-13(11)25-4/h6-7,10,14,19H,8-9H2,1-5H3,(H,18,20)(H,21,22). The highest BCUT2D eigenvalue weighted by molar-refractivity contribution is 7.88. The van der Waals surface area contributed by atoms with E-state index in [-0.39, 0.29) is 12.1 Å². The molecule has 0 heterocycles. The van der Waals surface area contributed by atoms with E-state index in [1.807, 2.05) is 0 Å². The Morgan fingerprint density at radius 2 is 1.88 bits per heavy atom. The van der Waals surface area contributed by atoms with Crippen LogP contribution in [0.3, 0.4) is 0 Å². The topological polar surface area (TPSA) is 122 Å². The van der Waals surface area contributed by atoms with Gasteiger partial charge in [0.2, 0.25) is 15.9 Å². The van der Waals surface area contributed by atoms with E-state index >= 15 is 0 Å². The molecule has 1 amide bonds. The number of aromatic carboxylic acids is 1. The van der Waals surface area contributed by atoms with E-state index in [0.29, 0.717) is 12.2 Å². The second kappa shape index (κ2) is 8.50. The summed E-state index contributed by atoms with van der Waals surface area (Å²) in [5, 5.41) is 11.7. The summed E-state index contributed by atoms with van der Waals surface area (Å²) >= 11 is 0. The fraction of sp³-hybridized carbons (Fsp3) is 0.529. The van der Waals surface area contributed by atoms with Gasteiger partial charge in [0.1, 0.15) is 11.8 Å². The van der Waals surface area contributed by atoms with Gasteiger partial charge in [0.05, 0.1) is 18.9 Å². The van der Waals surface area contributed by atoms with Gasteiger partial charge < -0.3 is 15.2 Å². The zero-order chi connectivity index (χ0) is 20.1. The third-order valence-corrected chi connectivity index (χ3v) is 4.35. The van der Waals surface area contributed by atoms with Crippen LogP contribution in [0.4, 0.5) is 0 Å². The van der Waals surface area contributed by atoms with E-state index in [1.54, 1.807) is 26.8 Å². The van der Waals surface area contributed by atoms with Crippen LogP contribution < -0.4 is 14.8 Å². The van der Waals surface area contributed by atoms with Gasteiger partial charge in [0.25, 0.3) is 0 Å². The number of hydrogen-bond acceptors (Lipinski definition) is 5. The minimum absolute atomic E-state index is 0.111. The summed E-state index contributed by atoms with van der Waals surface area (Å²) in [6.07, 6.45) is 1.42. The second-order valence-corrected chi connectivity index (χ2v) is 8.84. The third-order valence-electron chi connectivity index (χ3n) is 3.69. The van der Waals surface area contributed by atoms with Crippen molar-refractivity contribution in [3.63, 3.8) is 0 Å². The van der Waals surface area contributed by atoms with Crippen molar-refractivity contribution in [3.8, 4) is 5.75 Å². The molecule has 1 rings (SSSR count). The van der Waals surface area contributed by atoms with E-state index in [4.69, 9.17) is 9.84 Å². The highest BCUT2D eigenvalue weighted by atomic mass is 32.2. The monoisotopic (exact) mass is 386 g/mol. The molecule has 1 atom stereocenters. The van der Waals surface area contributed by atoms with E-state index in [9.17, 15) is 18.0 Å². The first kappa shape index (κ1) is 21.9. The number of rotatable bonds is 8. The Morgan fingerprint density at radius 1 is 1.27 bits per heavy atom. The molecule has 0 saturated heterocycles. The lowest BCUT2D eigenvalue weighted by Gasteiger charge is -2.29. The molecule has 1 unspecified atom stereocenters. The van der Waals surface area contributed by atoms with Crippen LogP contribution in [0.1, 0.15) is 36.7 Å². The zero-order valence-electron chi connectivity index (χ0n) is 15.6. The minimum atomic E-state index is -3.54. The highest BCUT2D eigenvalue weighted by Gasteiger charge is 2.33. The van der Waals surface area contributed by atoms with Gasteiger partial charge in [-0.05, 0) is 29.5 Å². The Hall–Kier alpha value is -2.13. The number of methoxy groups -OCH3 is 1. The van der Waals surface area contributed by atoms with Gasteiger partial charge in [-0.2, -0.15) is 0 Å². The molecule has 9 heteroatoms. The van der Waals surface area contributed by atoms with Crippen LogP contribution in [-0.4, -0.2) is 51.4 Å². The predicted molar refractivity (Wildman–Crippen MR) is 97.9 cm³/mol. The van der Waals surface area contributed by atoms with Crippen LogP contribution >= 0.6 is 0 Å². The maximum absolute atomic E-state index is 12.4. The molecule has 0 fully saturated rings. The molecule has 1 aromatic rings. The Morgan fingerprint density at radius 3 is 2.35 bits per heavy atom. The molecule has 1 aromatic carbocycles. The summed E-state index contributed by atoms with van der Waals surface area (Å²) in [5.74, 6) is -1.06. The minimum Gasteiger partial charge on any atom is -0.496 e. The molecule has 0 radical (unpaired) electrons. The number of amides is 1. The molecule has 0 bridgehead atoms. The molecule has 0 spiro atoms. The van der Waals surface area contributed by atoms with Crippen LogP contribution in [0.15, 0.2) is 18.2 Å². The number of benzene rings is 1. The first-order valence-corrected chi connectivity index (χ1v) is 9.89. The summed E-state index contributed by atoms with van der Waals surface area (Å²) in [7, 11) is -2.10. The molecule has 0 aliphatic heterocycles. The van der Waals surface area contributed by atoms with E-state index in [2.05, 4.69) is 10.0 Å². The van der Waals surface area contributed by atoms with Gasteiger partial charge >= 0.3 is 5.97 Å². The van der Waals surface area contributed by atoms with Crippen LogP contribution in [-0.2, 0) is 21.2 Å². The fourth-order valence-corrected chi connectivity index (χ4v) is 3.23. The van der Waals surface area contributed by atoms with Gasteiger partial charge in [-0.25, -0.2) is 17.9 Å². The number of hydrogen-bond donors (Lipinski definition) is 3. The quantitative estimate of drug-likeness (QED) is 0.613. The van der Waals surface area contributed by atoms with Crippen molar-refractivity contribution in [3.05, 3.63) is 29.3 Å². The van der Waals surface area contributed by atoms with Gasteiger partial charge in [-0.1, -0.05) is 26.8 Å². The van der Waals surface area contributed by atoms with E-state index in [0.717, 1.165) is 11.8 Å². The first-order chi connectivity index (χ1) is 11.8. The largest absolute Gasteiger partial charge is 0.496 e. The molecule has 0 aromatic heterocycles. The van der Waals surface area contributed by atoms with Gasteiger partial charge in [-0.15, -0.1) is 0 Å². The number of carboxylic acids is 1. The lowest BCUT2D eigenvalue weighted by molar-refractivity contribution is -0.124. The number of nitrogens with one attached hydrogen (secondary N) is 2. The molecule has 0 saturated carbocycles. The molecular formula is C17H26N2O6S. The number of ether oxygens (including phenoxy) is 1. The summed E-state index contributed by atoms with van der Waals surface area (Å²) < 4.78 is 30.6. The lowest BCUT2D eigenvalue weighted by atomic mass is 9.87. The molecule has 26 heavy (non-hydrogen) atoms. The lowest BCUT2D eigenvalue weighted by Crippen LogP contribution is -2.53. The van der Waals surface area contributed by atoms with Crippen molar-refractivity contribution in [2.24, 2.45) is 5.41 Å². The van der Waals surface area contributed by atoms with Crippen LogP contribution in [0.2, 0.25) is 0 Å². The van der Waals surface area contributed by atoms with Crippen LogP contribution in [0.25, 0.3) is 0 Å². The number of carboxylic acid groups (broad SMARTS) is 1. The SMILES string of the molecule is COc1cc(C(=O)O)ccc1CCNC(=O)C(NS(C)(=O)=O)C(C)(C)C. The Kier molecular flexibility index (Phi) is 7.16. The fourth-order valence-electron chi connectivity index (χ4n) is 2.34. The van der Waals surface area contributed by atoms with Crippen molar-refractivity contribution in [2.45, 2.75) is 33.2 Å². The Balaban J connectivity index is 2.79. The van der Waals surface area contributed by atoms with Crippen molar-refractivity contribution < 1.29 is 27.9 Å². The number of sulfonamides is 1. The van der Waals surface area contributed by atoms with Crippen molar-refractivity contribution in [1.82, 2.24) is 10.0 Å². The number of carbonyl (C=O) groups is 2. The maximum Gasteiger partial charge on any atom is 0.335 e. The average molecular weight is 386 g/mol. The number of carbonyl (C=O) groups excluding carboxylic acids is 1. The van der Waals surface area contributed by atoms with Crippen LogP contribution in [0, 0.1) is 5.41 Å². The van der Waals surface area contributed by atoms with E-state index < -0.39 is 33.4 Å². The molecule has 0 aliphatic rings. The Labute approximate surface area is 154 Å². The van der Waals surface area contributed by atoms with Gasteiger partial charge in [0, 0.05) is 6.54 Å². The second-order valence-electron chi connectivity index (χ2n) is 7.06. The average Bonchev–Trinajstić information content (AvgIpc) is 2.50. The summed E-state index contributed by atoms with van der Waals surface area (Å²) in [4.78, 5) is 23.4. The summed E-state index contributed by atoms with van der Waals surface area (Å²) in [6, 6.07) is 3.60. The maximum atomic E-state index is 12.4. The first-order valence-electron chi connectivity index (χ1n) is 8.00. The predicted octanol–water partition coefficient (Wildman–Crippen LogP) is 1.02. The van der Waals surface area contributed by atoms with Crippen molar-refractivity contribution in [1.29, 1.82) is 0 Å². The molecule has 0 aliphatic carbocycles. The normalized spacial score (nSPS) is 13.1. The van der Waals surface area contributed by atoms with Gasteiger partial charge in [0.15, 0.2) is 0 Å². The zero-order valence-corrected chi connectivity index (χ0v) is 16.4. The van der Waals surface area contributed by atoms with E-state index in [1.165, 1.54) is 19.2 Å². The molecule has 146 valence electrons. The molecular weight excluding hydrogens is 360 g/mol. The summed E-state index contributed by atoms with van der Waals surface area (Å²) in [6.45, 7) is 5.55. The summed E-state index contributed by atoms with van der Waals surface area (Å²) in [5.41, 5.74) is 0.245. The van der Waals surface area contributed by atoms with Crippen LogP contribution in [0.5, 0.6) is 5.75 Å². The van der Waals surface area contributed by atoms with Crippen molar-refractivity contribution in [2.75, 3.05) is 19.9 Å². The smallest absolute Gasteiger partial charge is 0.335 e. The highest BCUT2D eigenvalue weighted by Crippen LogP contribution is 2.22. The Bertz CT molecular complexity index is 768. The van der Waals surface area contributed by atoms with Gasteiger partial charge in [-0.3, -0.25) is 4.79 Å². The molecule has 3 N–H and O–H groups in total.